The number of sulfonamides is 1. The molecule has 0 fully saturated rings. The summed E-state index contributed by atoms with van der Waals surface area (Å²) in [7, 11) is -3.88. The molecular formula is C21H19F3N6O3S. The van der Waals surface area contributed by atoms with Crippen LogP contribution in [0.15, 0.2) is 61.3 Å². The number of fused-ring (bicyclic) bond motifs is 1. The van der Waals surface area contributed by atoms with E-state index in [1.54, 1.807) is 25.1 Å². The van der Waals surface area contributed by atoms with Crippen LogP contribution in [0, 0.1) is 0 Å². The highest BCUT2D eigenvalue weighted by atomic mass is 32.2. The Bertz CT molecular complexity index is 1390. The summed E-state index contributed by atoms with van der Waals surface area (Å²) in [4.78, 5) is 16.2. The molecule has 0 aliphatic rings. The maximum absolute atomic E-state index is 14.1. The molecule has 0 aliphatic heterocycles. The van der Waals surface area contributed by atoms with Gasteiger partial charge in [0, 0.05) is 24.2 Å². The normalized spacial score (nSPS) is 13.1. The van der Waals surface area contributed by atoms with Crippen molar-refractivity contribution in [1.29, 1.82) is 0 Å². The standard InChI is InChI=1S/C21H19F3N6O3S/c1-2-11-34(31,32)29-19-20(28-16-6-4-3-5-15(16)27-19)33-18(21(22,23)24)14-7-8-26-17(12-14)30-10-9-25-13-30/h3-10,12-13,18H,2,11H2,1H3,(H,27,29). The molecule has 1 aromatic carbocycles. The minimum atomic E-state index is -4.86. The van der Waals surface area contributed by atoms with Gasteiger partial charge in [-0.05, 0) is 30.7 Å². The molecule has 1 N–H and O–H groups in total. The molecule has 3 aromatic heterocycles. The monoisotopic (exact) mass is 492 g/mol. The van der Waals surface area contributed by atoms with Gasteiger partial charge in [0.05, 0.1) is 16.8 Å². The second-order valence-corrected chi connectivity index (χ2v) is 9.09. The van der Waals surface area contributed by atoms with Gasteiger partial charge in [0.15, 0.2) is 0 Å². The number of anilines is 1. The summed E-state index contributed by atoms with van der Waals surface area (Å²) >= 11 is 0. The Balaban J connectivity index is 1.79. The second-order valence-electron chi connectivity index (χ2n) is 7.24. The van der Waals surface area contributed by atoms with Crippen LogP contribution in [0.1, 0.15) is 25.0 Å². The number of para-hydroxylation sites is 2. The van der Waals surface area contributed by atoms with E-state index in [1.165, 1.54) is 41.6 Å². The first kappa shape index (κ1) is 23.4. The van der Waals surface area contributed by atoms with Crippen LogP contribution in [0.4, 0.5) is 19.0 Å². The summed E-state index contributed by atoms with van der Waals surface area (Å²) in [5.41, 5.74) is 0.271. The van der Waals surface area contributed by atoms with Gasteiger partial charge in [-0.1, -0.05) is 19.1 Å². The zero-order chi connectivity index (χ0) is 24.3. The first-order valence-electron chi connectivity index (χ1n) is 10.1. The van der Waals surface area contributed by atoms with Crippen molar-refractivity contribution < 1.29 is 26.3 Å². The smallest absolute Gasteiger partial charge is 0.429 e. The zero-order valence-electron chi connectivity index (χ0n) is 17.8. The Hall–Kier alpha value is -3.74. The third-order valence-corrected chi connectivity index (χ3v) is 6.08. The third-order valence-electron chi connectivity index (χ3n) is 4.63. The van der Waals surface area contributed by atoms with Crippen LogP contribution < -0.4 is 9.46 Å². The fourth-order valence-electron chi connectivity index (χ4n) is 3.17. The molecule has 0 spiro atoms. The molecule has 34 heavy (non-hydrogen) atoms. The highest BCUT2D eigenvalue weighted by molar-refractivity contribution is 7.92. The van der Waals surface area contributed by atoms with Crippen LogP contribution in [-0.4, -0.2) is 44.8 Å². The predicted octanol–water partition coefficient (Wildman–Crippen LogP) is 4.04. The Kier molecular flexibility index (Phi) is 6.37. The Morgan fingerprint density at radius 1 is 1.12 bits per heavy atom. The number of benzene rings is 1. The van der Waals surface area contributed by atoms with E-state index in [4.69, 9.17) is 4.74 Å². The molecule has 3 heterocycles. The molecule has 13 heteroatoms. The fraction of sp³-hybridized carbons (Fsp3) is 0.238. The van der Waals surface area contributed by atoms with E-state index >= 15 is 0 Å². The number of hydrogen-bond acceptors (Lipinski definition) is 7. The van der Waals surface area contributed by atoms with E-state index in [1.807, 2.05) is 0 Å². The molecule has 9 nitrogen and oxygen atoms in total. The number of ether oxygens (including phenoxy) is 1. The summed E-state index contributed by atoms with van der Waals surface area (Å²) in [5, 5.41) is 0. The molecule has 4 rings (SSSR count). The van der Waals surface area contributed by atoms with E-state index in [0.29, 0.717) is 11.9 Å². The molecule has 4 aromatic rings. The van der Waals surface area contributed by atoms with Crippen LogP contribution in [0.2, 0.25) is 0 Å². The van der Waals surface area contributed by atoms with Crippen LogP contribution in [0.25, 0.3) is 16.9 Å². The second kappa shape index (κ2) is 9.25. The number of nitrogens with one attached hydrogen (secondary N) is 1. The Morgan fingerprint density at radius 3 is 2.50 bits per heavy atom. The van der Waals surface area contributed by atoms with E-state index in [2.05, 4.69) is 24.7 Å². The SMILES string of the molecule is CCCS(=O)(=O)Nc1nc2ccccc2nc1OC(c1ccnc(-n2ccnc2)c1)C(F)(F)F. The van der Waals surface area contributed by atoms with Gasteiger partial charge in [0.2, 0.25) is 21.9 Å². The predicted molar refractivity (Wildman–Crippen MR) is 118 cm³/mol. The Labute approximate surface area is 192 Å². The lowest BCUT2D eigenvalue weighted by atomic mass is 10.1. The first-order chi connectivity index (χ1) is 16.2. The van der Waals surface area contributed by atoms with Crippen LogP contribution >= 0.6 is 0 Å². The molecule has 0 amide bonds. The number of pyridine rings is 1. The van der Waals surface area contributed by atoms with E-state index < -0.39 is 34.0 Å². The molecule has 178 valence electrons. The Morgan fingerprint density at radius 2 is 1.85 bits per heavy atom. The van der Waals surface area contributed by atoms with Crippen LogP contribution in [-0.2, 0) is 10.0 Å². The third kappa shape index (κ3) is 5.25. The number of hydrogen-bond donors (Lipinski definition) is 1. The molecule has 0 saturated carbocycles. The van der Waals surface area contributed by atoms with Crippen molar-refractivity contribution >= 4 is 26.9 Å². The van der Waals surface area contributed by atoms with Gasteiger partial charge < -0.3 is 4.74 Å². The number of rotatable bonds is 8. The maximum Gasteiger partial charge on any atom is 0.429 e. The average molecular weight is 492 g/mol. The molecule has 1 unspecified atom stereocenters. The fourth-order valence-corrected chi connectivity index (χ4v) is 4.24. The summed E-state index contributed by atoms with van der Waals surface area (Å²) in [6.07, 6.45) is -1.43. The summed E-state index contributed by atoms with van der Waals surface area (Å²) in [6.45, 7) is 1.66. The van der Waals surface area contributed by atoms with E-state index in [9.17, 15) is 21.6 Å². The molecule has 0 bridgehead atoms. The van der Waals surface area contributed by atoms with Crippen molar-refractivity contribution in [2.24, 2.45) is 0 Å². The van der Waals surface area contributed by atoms with Gasteiger partial charge in [-0.2, -0.15) is 13.2 Å². The van der Waals surface area contributed by atoms with E-state index in [-0.39, 0.29) is 22.7 Å². The molecule has 0 radical (unpaired) electrons. The molecule has 0 saturated heterocycles. The lowest BCUT2D eigenvalue weighted by molar-refractivity contribution is -0.198. The van der Waals surface area contributed by atoms with Gasteiger partial charge in [0.25, 0.3) is 5.88 Å². The van der Waals surface area contributed by atoms with Crippen molar-refractivity contribution in [1.82, 2.24) is 24.5 Å². The lowest BCUT2D eigenvalue weighted by Crippen LogP contribution is -2.27. The zero-order valence-corrected chi connectivity index (χ0v) is 18.6. The molecular weight excluding hydrogens is 473 g/mol. The lowest BCUT2D eigenvalue weighted by Gasteiger charge is -2.23. The quantitative estimate of drug-likeness (QED) is 0.395. The van der Waals surface area contributed by atoms with Gasteiger partial charge >= 0.3 is 6.18 Å². The minimum Gasteiger partial charge on any atom is -0.457 e. The topological polar surface area (TPSA) is 112 Å². The number of alkyl halides is 3. The number of halogens is 3. The van der Waals surface area contributed by atoms with Crippen molar-refractivity contribution in [2.45, 2.75) is 25.6 Å². The molecule has 0 aliphatic carbocycles. The van der Waals surface area contributed by atoms with Crippen molar-refractivity contribution in [2.75, 3.05) is 10.5 Å². The van der Waals surface area contributed by atoms with Crippen molar-refractivity contribution in [3.8, 4) is 11.7 Å². The summed E-state index contributed by atoms with van der Waals surface area (Å²) in [5.74, 6) is -1.07. The minimum absolute atomic E-state index is 0.196. The summed E-state index contributed by atoms with van der Waals surface area (Å²) < 4.78 is 76.0. The van der Waals surface area contributed by atoms with Crippen molar-refractivity contribution in [3.05, 3.63) is 66.9 Å². The van der Waals surface area contributed by atoms with Crippen LogP contribution in [0.3, 0.4) is 0 Å². The maximum atomic E-state index is 14.1. The van der Waals surface area contributed by atoms with Crippen molar-refractivity contribution in [3.63, 3.8) is 0 Å². The largest absolute Gasteiger partial charge is 0.457 e. The number of aromatic nitrogens is 5. The van der Waals surface area contributed by atoms with Gasteiger partial charge in [-0.3, -0.25) is 9.29 Å². The first-order valence-corrected chi connectivity index (χ1v) is 11.8. The average Bonchev–Trinajstić information content (AvgIpc) is 3.31. The molecule has 1 atom stereocenters. The summed E-state index contributed by atoms with van der Waals surface area (Å²) in [6, 6.07) is 8.73. The number of nitrogens with zero attached hydrogens (tertiary/aromatic N) is 5. The highest BCUT2D eigenvalue weighted by Crippen LogP contribution is 2.39. The van der Waals surface area contributed by atoms with Gasteiger partial charge in [-0.15, -0.1) is 0 Å². The van der Waals surface area contributed by atoms with E-state index in [0.717, 1.165) is 6.07 Å². The van der Waals surface area contributed by atoms with Gasteiger partial charge in [-0.25, -0.2) is 28.4 Å². The van der Waals surface area contributed by atoms with Crippen LogP contribution in [0.5, 0.6) is 5.88 Å². The highest BCUT2D eigenvalue weighted by Gasteiger charge is 2.44. The number of imidazole rings is 1. The van der Waals surface area contributed by atoms with Gasteiger partial charge in [0.1, 0.15) is 12.1 Å².